The van der Waals surface area contributed by atoms with E-state index in [1.165, 1.54) is 36.9 Å². The molecule has 0 bridgehead atoms. The quantitative estimate of drug-likeness (QED) is 0.892. The maximum Gasteiger partial charge on any atom is 0.0679 e. The Kier molecular flexibility index (Phi) is 4.59. The van der Waals surface area contributed by atoms with Crippen molar-refractivity contribution in [3.63, 3.8) is 0 Å². The largest absolute Gasteiger partial charge is 0.384 e. The maximum absolute atomic E-state index is 4.30. The van der Waals surface area contributed by atoms with Crippen molar-refractivity contribution >= 4 is 5.69 Å². The van der Waals surface area contributed by atoms with Crippen LogP contribution in [-0.4, -0.2) is 16.3 Å². The minimum atomic E-state index is 0.825. The molecule has 0 aliphatic heterocycles. The molecule has 1 aliphatic carbocycles. The Morgan fingerprint density at radius 1 is 1.24 bits per heavy atom. The Balaban J connectivity index is 1.62. The maximum atomic E-state index is 4.30. The Morgan fingerprint density at radius 3 is 2.95 bits per heavy atom. The zero-order chi connectivity index (χ0) is 14.5. The van der Waals surface area contributed by atoms with Gasteiger partial charge in [-0.15, -0.1) is 0 Å². The lowest BCUT2D eigenvalue weighted by Crippen LogP contribution is -2.21. The molecule has 1 aromatic carbocycles. The van der Waals surface area contributed by atoms with Crippen LogP contribution in [0.1, 0.15) is 38.2 Å². The van der Waals surface area contributed by atoms with Gasteiger partial charge in [0.25, 0.3) is 0 Å². The highest BCUT2D eigenvalue weighted by Gasteiger charge is 2.18. The molecule has 3 rings (SSSR count). The van der Waals surface area contributed by atoms with Gasteiger partial charge in [-0.1, -0.05) is 38.0 Å². The second-order valence-electron chi connectivity index (χ2n) is 6.38. The predicted octanol–water partition coefficient (Wildman–Crippen LogP) is 4.17. The van der Waals surface area contributed by atoms with E-state index in [9.17, 15) is 0 Å². The lowest BCUT2D eigenvalue weighted by Gasteiger charge is -2.27. The van der Waals surface area contributed by atoms with E-state index in [0.717, 1.165) is 24.9 Å². The average Bonchev–Trinajstić information content (AvgIpc) is 2.99. The molecular weight excluding hydrogens is 258 g/mol. The minimum Gasteiger partial charge on any atom is -0.384 e. The number of anilines is 1. The first-order valence-electron chi connectivity index (χ1n) is 8.10. The van der Waals surface area contributed by atoms with E-state index < -0.39 is 0 Å². The molecule has 3 nitrogen and oxygen atoms in total. The predicted molar refractivity (Wildman–Crippen MR) is 87.4 cm³/mol. The molecule has 2 aromatic rings. The molecule has 0 saturated heterocycles. The van der Waals surface area contributed by atoms with Crippen LogP contribution in [0.15, 0.2) is 42.7 Å². The summed E-state index contributed by atoms with van der Waals surface area (Å²) in [6.07, 6.45) is 9.39. The van der Waals surface area contributed by atoms with Crippen LogP contribution < -0.4 is 5.32 Å². The van der Waals surface area contributed by atoms with Crippen LogP contribution in [0.4, 0.5) is 5.69 Å². The van der Waals surface area contributed by atoms with Gasteiger partial charge in [0.05, 0.1) is 6.54 Å². The molecular formula is C18H25N3. The van der Waals surface area contributed by atoms with Crippen LogP contribution in [0.2, 0.25) is 0 Å². The summed E-state index contributed by atoms with van der Waals surface area (Å²) < 4.78 is 1.98. The van der Waals surface area contributed by atoms with Crippen LogP contribution in [0.25, 0.3) is 0 Å². The Hall–Kier alpha value is -1.77. The van der Waals surface area contributed by atoms with Crippen molar-refractivity contribution in [3.8, 4) is 0 Å². The van der Waals surface area contributed by atoms with Gasteiger partial charge in [-0.05, 0) is 42.4 Å². The van der Waals surface area contributed by atoms with Gasteiger partial charge in [0, 0.05) is 24.6 Å². The van der Waals surface area contributed by atoms with Crippen molar-refractivity contribution in [1.82, 2.24) is 9.78 Å². The molecule has 0 radical (unpaired) electrons. The van der Waals surface area contributed by atoms with E-state index in [-0.39, 0.29) is 0 Å². The number of nitrogens with zero attached hydrogens (tertiary/aromatic N) is 2. The summed E-state index contributed by atoms with van der Waals surface area (Å²) in [6.45, 7) is 4.32. The van der Waals surface area contributed by atoms with Crippen molar-refractivity contribution in [3.05, 3.63) is 48.3 Å². The van der Waals surface area contributed by atoms with Crippen LogP contribution in [0.5, 0.6) is 0 Å². The third kappa shape index (κ3) is 3.87. The molecule has 0 amide bonds. The van der Waals surface area contributed by atoms with E-state index in [1.54, 1.807) is 0 Å². The molecule has 1 N–H and O–H groups in total. The van der Waals surface area contributed by atoms with E-state index in [2.05, 4.69) is 41.6 Å². The summed E-state index contributed by atoms with van der Waals surface area (Å²) in [5.74, 6) is 1.72. The molecule has 1 heterocycles. The van der Waals surface area contributed by atoms with Crippen LogP contribution in [0, 0.1) is 11.8 Å². The fraction of sp³-hybridized carbons (Fsp3) is 0.500. The number of rotatable bonds is 5. The van der Waals surface area contributed by atoms with Gasteiger partial charge in [0.15, 0.2) is 0 Å². The number of para-hydroxylation sites is 1. The second kappa shape index (κ2) is 6.79. The molecule has 1 fully saturated rings. The number of benzene rings is 1. The van der Waals surface area contributed by atoms with Crippen molar-refractivity contribution in [1.29, 1.82) is 0 Å². The Labute approximate surface area is 127 Å². The number of hydrogen-bond acceptors (Lipinski definition) is 2. The number of hydrogen-bond donors (Lipinski definition) is 1. The Bertz CT molecular complexity index is 547. The van der Waals surface area contributed by atoms with Gasteiger partial charge >= 0.3 is 0 Å². The smallest absolute Gasteiger partial charge is 0.0679 e. The second-order valence-corrected chi connectivity index (χ2v) is 6.38. The topological polar surface area (TPSA) is 29.9 Å². The zero-order valence-corrected chi connectivity index (χ0v) is 12.8. The van der Waals surface area contributed by atoms with E-state index in [4.69, 9.17) is 0 Å². The van der Waals surface area contributed by atoms with E-state index in [0.29, 0.717) is 0 Å². The van der Waals surface area contributed by atoms with Gasteiger partial charge in [0.1, 0.15) is 0 Å². The molecule has 0 spiro atoms. The average molecular weight is 283 g/mol. The highest BCUT2D eigenvalue weighted by molar-refractivity contribution is 5.51. The first-order chi connectivity index (χ1) is 10.3. The number of aromatic nitrogens is 2. The minimum absolute atomic E-state index is 0.825. The summed E-state index contributed by atoms with van der Waals surface area (Å²) in [7, 11) is 0. The molecule has 112 valence electrons. The molecule has 2 unspecified atom stereocenters. The standard InChI is InChI=1S/C18H25N3/c1-15-6-4-7-16(12-15)13-19-18-9-3-2-8-17(18)14-21-11-5-10-20-21/h2-3,5,8-11,15-16,19H,4,6-7,12-14H2,1H3. The Morgan fingerprint density at radius 2 is 2.14 bits per heavy atom. The summed E-state index contributed by atoms with van der Waals surface area (Å²) in [5, 5.41) is 7.98. The van der Waals surface area contributed by atoms with E-state index in [1.807, 2.05) is 23.1 Å². The van der Waals surface area contributed by atoms with Gasteiger partial charge in [-0.25, -0.2) is 0 Å². The van der Waals surface area contributed by atoms with Gasteiger partial charge < -0.3 is 5.32 Å². The van der Waals surface area contributed by atoms with Crippen LogP contribution in [-0.2, 0) is 6.54 Å². The summed E-state index contributed by atoms with van der Waals surface area (Å²) >= 11 is 0. The molecule has 1 aliphatic rings. The first kappa shape index (κ1) is 14.2. The normalized spacial score (nSPS) is 22.1. The highest BCUT2D eigenvalue weighted by Crippen LogP contribution is 2.29. The third-order valence-corrected chi connectivity index (χ3v) is 4.54. The van der Waals surface area contributed by atoms with Crippen LogP contribution in [0.3, 0.4) is 0 Å². The molecule has 3 heteroatoms. The SMILES string of the molecule is CC1CCCC(CNc2ccccc2Cn2cccn2)C1. The summed E-state index contributed by atoms with van der Waals surface area (Å²) in [4.78, 5) is 0. The fourth-order valence-electron chi connectivity index (χ4n) is 3.40. The van der Waals surface area contributed by atoms with Crippen molar-refractivity contribution < 1.29 is 0 Å². The molecule has 21 heavy (non-hydrogen) atoms. The lowest BCUT2D eigenvalue weighted by atomic mass is 9.82. The molecule has 1 aromatic heterocycles. The van der Waals surface area contributed by atoms with Gasteiger partial charge in [0.2, 0.25) is 0 Å². The van der Waals surface area contributed by atoms with Crippen molar-refractivity contribution in [2.75, 3.05) is 11.9 Å². The fourth-order valence-corrected chi connectivity index (χ4v) is 3.40. The molecule has 1 saturated carbocycles. The first-order valence-corrected chi connectivity index (χ1v) is 8.10. The molecule has 2 atom stereocenters. The van der Waals surface area contributed by atoms with Gasteiger partial charge in [-0.2, -0.15) is 5.10 Å². The van der Waals surface area contributed by atoms with Gasteiger partial charge in [-0.3, -0.25) is 4.68 Å². The van der Waals surface area contributed by atoms with Crippen LogP contribution >= 0.6 is 0 Å². The monoisotopic (exact) mass is 283 g/mol. The lowest BCUT2D eigenvalue weighted by molar-refractivity contribution is 0.293. The van der Waals surface area contributed by atoms with Crippen molar-refractivity contribution in [2.24, 2.45) is 11.8 Å². The van der Waals surface area contributed by atoms with E-state index >= 15 is 0 Å². The number of nitrogens with one attached hydrogen (secondary N) is 1. The third-order valence-electron chi connectivity index (χ3n) is 4.54. The zero-order valence-electron chi connectivity index (χ0n) is 12.8. The highest BCUT2D eigenvalue weighted by atomic mass is 15.3. The summed E-state index contributed by atoms with van der Waals surface area (Å²) in [6, 6.07) is 10.6. The summed E-state index contributed by atoms with van der Waals surface area (Å²) in [5.41, 5.74) is 2.57. The van der Waals surface area contributed by atoms with Crippen molar-refractivity contribution in [2.45, 2.75) is 39.2 Å².